The number of para-hydroxylation sites is 2. The molecule has 3 aromatic rings. The van der Waals surface area contributed by atoms with Crippen molar-refractivity contribution in [3.05, 3.63) is 65.6 Å². The first kappa shape index (κ1) is 19.4. The maximum absolute atomic E-state index is 12.6. The Balaban J connectivity index is 1.34. The van der Waals surface area contributed by atoms with Crippen LogP contribution in [0.1, 0.15) is 18.4 Å². The molecule has 0 atom stereocenters. The topological polar surface area (TPSA) is 95.2 Å². The lowest BCUT2D eigenvalue weighted by Crippen LogP contribution is -2.40. The summed E-state index contributed by atoms with van der Waals surface area (Å²) in [6.45, 7) is 0.638. The smallest absolute Gasteiger partial charge is 0.236 e. The van der Waals surface area contributed by atoms with Crippen LogP contribution < -0.4 is 5.32 Å². The Kier molecular flexibility index (Phi) is 5.46. The first-order valence-corrected chi connectivity index (χ1v) is 11.0. The summed E-state index contributed by atoms with van der Waals surface area (Å²) in [4.78, 5) is 20.0. The van der Waals surface area contributed by atoms with Crippen LogP contribution in [0.25, 0.3) is 17.1 Å². The highest BCUT2D eigenvalue weighted by Crippen LogP contribution is 2.22. The number of imidazole rings is 1. The Morgan fingerprint density at radius 3 is 2.48 bits per heavy atom. The van der Waals surface area contributed by atoms with Gasteiger partial charge in [-0.3, -0.25) is 10.1 Å². The molecule has 0 saturated carbocycles. The Morgan fingerprint density at radius 2 is 1.76 bits per heavy atom. The molecule has 1 aliphatic rings. The van der Waals surface area contributed by atoms with Gasteiger partial charge in [-0.25, -0.2) is 13.4 Å². The highest BCUT2D eigenvalue weighted by atomic mass is 32.2. The molecule has 8 heteroatoms. The number of fused-ring (bicyclic) bond motifs is 1. The average Bonchev–Trinajstić information content (AvgIpc) is 3.15. The minimum absolute atomic E-state index is 0.138. The second-order valence-electron chi connectivity index (χ2n) is 7.02. The molecule has 29 heavy (non-hydrogen) atoms. The number of nitrogens with zero attached hydrogens (tertiary/aromatic N) is 2. The minimum Gasteiger partial charge on any atom is -0.324 e. The van der Waals surface area contributed by atoms with Crippen molar-refractivity contribution in [2.45, 2.75) is 12.8 Å². The second-order valence-corrected chi connectivity index (χ2v) is 8.84. The van der Waals surface area contributed by atoms with Crippen LogP contribution in [0.3, 0.4) is 0 Å². The lowest BCUT2D eigenvalue weighted by atomic mass is 9.97. The fourth-order valence-corrected chi connectivity index (χ4v) is 4.64. The van der Waals surface area contributed by atoms with Gasteiger partial charge in [-0.15, -0.1) is 0 Å². The maximum atomic E-state index is 12.6. The Bertz CT molecular complexity index is 1100. The summed E-state index contributed by atoms with van der Waals surface area (Å²) in [5.74, 6) is 0.0331. The third kappa shape index (κ3) is 4.55. The van der Waals surface area contributed by atoms with Gasteiger partial charge in [0.2, 0.25) is 21.9 Å². The number of carbonyl (C=O) groups excluding carboxylic acids is 1. The standard InChI is InChI=1S/C21H22N4O3S/c26-20(24-21-22-18-8-4-5-9-19(18)23-21)17-10-13-25(14-11-17)29(27,28)15-12-16-6-2-1-3-7-16/h1-9,12,15,17H,10-11,13-14H2,(H2,22,23,24,26)/b15-12+. The zero-order valence-corrected chi connectivity index (χ0v) is 16.6. The quantitative estimate of drug-likeness (QED) is 0.675. The molecule has 0 bridgehead atoms. The third-order valence-corrected chi connectivity index (χ3v) is 6.61. The van der Waals surface area contributed by atoms with E-state index in [4.69, 9.17) is 0 Å². The maximum Gasteiger partial charge on any atom is 0.236 e. The average molecular weight is 410 g/mol. The van der Waals surface area contributed by atoms with Crippen molar-refractivity contribution < 1.29 is 13.2 Å². The summed E-state index contributed by atoms with van der Waals surface area (Å²) in [6, 6.07) is 16.8. The van der Waals surface area contributed by atoms with E-state index in [1.54, 1.807) is 6.08 Å². The van der Waals surface area contributed by atoms with Crippen LogP contribution in [0.15, 0.2) is 60.0 Å². The van der Waals surface area contributed by atoms with Crippen LogP contribution in [-0.2, 0) is 14.8 Å². The van der Waals surface area contributed by atoms with Gasteiger partial charge in [0.15, 0.2) is 0 Å². The van der Waals surface area contributed by atoms with Crippen molar-refractivity contribution in [1.82, 2.24) is 14.3 Å². The summed E-state index contributed by atoms with van der Waals surface area (Å²) >= 11 is 0. The Morgan fingerprint density at radius 1 is 1.07 bits per heavy atom. The fraction of sp³-hybridized carbons (Fsp3) is 0.238. The number of carbonyl (C=O) groups is 1. The number of nitrogens with one attached hydrogen (secondary N) is 2. The molecule has 1 saturated heterocycles. The van der Waals surface area contributed by atoms with Gasteiger partial charge in [-0.1, -0.05) is 42.5 Å². The second kappa shape index (κ2) is 8.18. The van der Waals surface area contributed by atoms with E-state index in [1.165, 1.54) is 9.71 Å². The molecule has 150 valence electrons. The first-order chi connectivity index (χ1) is 14.0. The van der Waals surface area contributed by atoms with Crippen LogP contribution >= 0.6 is 0 Å². The fourth-order valence-electron chi connectivity index (χ4n) is 3.42. The molecule has 1 aromatic heterocycles. The summed E-state index contributed by atoms with van der Waals surface area (Å²) in [5.41, 5.74) is 2.47. The number of H-pyrrole nitrogens is 1. The van der Waals surface area contributed by atoms with Crippen molar-refractivity contribution >= 4 is 39.0 Å². The molecule has 0 radical (unpaired) electrons. The number of anilines is 1. The van der Waals surface area contributed by atoms with Crippen molar-refractivity contribution in [1.29, 1.82) is 0 Å². The lowest BCUT2D eigenvalue weighted by Gasteiger charge is -2.29. The van der Waals surface area contributed by atoms with Gasteiger partial charge in [0.05, 0.1) is 11.0 Å². The van der Waals surface area contributed by atoms with E-state index in [0.29, 0.717) is 31.9 Å². The monoisotopic (exact) mass is 410 g/mol. The number of piperidine rings is 1. The minimum atomic E-state index is -3.50. The number of hydrogen-bond acceptors (Lipinski definition) is 4. The van der Waals surface area contributed by atoms with Gasteiger partial charge in [-0.2, -0.15) is 4.31 Å². The number of aromatic amines is 1. The predicted octanol–water partition coefficient (Wildman–Crippen LogP) is 3.21. The number of sulfonamides is 1. The zero-order valence-electron chi connectivity index (χ0n) is 15.8. The highest BCUT2D eigenvalue weighted by molar-refractivity contribution is 7.92. The summed E-state index contributed by atoms with van der Waals surface area (Å²) < 4.78 is 26.5. The van der Waals surface area contributed by atoms with Gasteiger partial charge in [0.25, 0.3) is 0 Å². The van der Waals surface area contributed by atoms with Crippen molar-refractivity contribution in [3.8, 4) is 0 Å². The van der Waals surface area contributed by atoms with E-state index in [9.17, 15) is 13.2 Å². The third-order valence-electron chi connectivity index (χ3n) is 5.05. The van der Waals surface area contributed by atoms with E-state index >= 15 is 0 Å². The molecule has 4 rings (SSSR count). The Hall–Kier alpha value is -2.97. The molecule has 1 amide bonds. The molecule has 0 spiro atoms. The van der Waals surface area contributed by atoms with Gasteiger partial charge in [-0.05, 0) is 36.6 Å². The molecular formula is C21H22N4O3S. The Labute approximate surface area is 169 Å². The van der Waals surface area contributed by atoms with E-state index < -0.39 is 10.0 Å². The summed E-state index contributed by atoms with van der Waals surface area (Å²) in [7, 11) is -3.50. The van der Waals surface area contributed by atoms with Crippen molar-refractivity contribution in [3.63, 3.8) is 0 Å². The number of amides is 1. The number of benzene rings is 2. The van der Waals surface area contributed by atoms with Gasteiger partial charge >= 0.3 is 0 Å². The lowest BCUT2D eigenvalue weighted by molar-refractivity contribution is -0.120. The molecule has 1 fully saturated rings. The number of hydrogen-bond donors (Lipinski definition) is 2. The van der Waals surface area contributed by atoms with Crippen LogP contribution in [0.4, 0.5) is 5.95 Å². The largest absolute Gasteiger partial charge is 0.324 e. The molecule has 1 aliphatic heterocycles. The molecule has 2 aromatic carbocycles. The zero-order chi connectivity index (χ0) is 20.3. The molecular weight excluding hydrogens is 388 g/mol. The normalized spacial score (nSPS) is 16.4. The van der Waals surface area contributed by atoms with Gasteiger partial charge < -0.3 is 4.98 Å². The van der Waals surface area contributed by atoms with Crippen LogP contribution in [-0.4, -0.2) is 41.7 Å². The first-order valence-electron chi connectivity index (χ1n) is 9.50. The van der Waals surface area contributed by atoms with Crippen molar-refractivity contribution in [2.75, 3.05) is 18.4 Å². The molecule has 0 aliphatic carbocycles. The van der Waals surface area contributed by atoms with Crippen LogP contribution in [0, 0.1) is 5.92 Å². The molecule has 2 heterocycles. The summed E-state index contributed by atoms with van der Waals surface area (Å²) in [6.07, 6.45) is 2.55. The number of rotatable bonds is 5. The SMILES string of the molecule is O=C(Nc1nc2ccccc2[nH]1)C1CCN(S(=O)(=O)/C=C/c2ccccc2)CC1. The van der Waals surface area contributed by atoms with Crippen LogP contribution in [0.2, 0.25) is 0 Å². The predicted molar refractivity (Wildman–Crippen MR) is 113 cm³/mol. The highest BCUT2D eigenvalue weighted by Gasteiger charge is 2.30. The van der Waals surface area contributed by atoms with E-state index in [-0.39, 0.29) is 11.8 Å². The summed E-state index contributed by atoms with van der Waals surface area (Å²) in [5, 5.41) is 4.05. The molecule has 7 nitrogen and oxygen atoms in total. The van der Waals surface area contributed by atoms with Crippen molar-refractivity contribution in [2.24, 2.45) is 5.92 Å². The molecule has 2 N–H and O–H groups in total. The van der Waals surface area contributed by atoms with Crippen LogP contribution in [0.5, 0.6) is 0 Å². The van der Waals surface area contributed by atoms with E-state index in [2.05, 4.69) is 15.3 Å². The van der Waals surface area contributed by atoms with E-state index in [0.717, 1.165) is 16.6 Å². The molecule has 0 unspecified atom stereocenters. The van der Waals surface area contributed by atoms with Gasteiger partial charge in [0, 0.05) is 24.4 Å². The van der Waals surface area contributed by atoms with E-state index in [1.807, 2.05) is 54.6 Å². The van der Waals surface area contributed by atoms with Gasteiger partial charge in [0.1, 0.15) is 0 Å². The number of aromatic nitrogens is 2.